The highest BCUT2D eigenvalue weighted by atomic mass is 32.2. The summed E-state index contributed by atoms with van der Waals surface area (Å²) in [7, 11) is -3.94. The van der Waals surface area contributed by atoms with Gasteiger partial charge in [0.2, 0.25) is 10.0 Å². The van der Waals surface area contributed by atoms with E-state index >= 15 is 0 Å². The van der Waals surface area contributed by atoms with Crippen LogP contribution < -0.4 is 4.72 Å². The summed E-state index contributed by atoms with van der Waals surface area (Å²) >= 11 is 0. The van der Waals surface area contributed by atoms with Gasteiger partial charge in [0.25, 0.3) is 0 Å². The number of nitrogens with one attached hydrogen (secondary N) is 1. The van der Waals surface area contributed by atoms with Crippen molar-refractivity contribution < 1.29 is 23.1 Å². The third kappa shape index (κ3) is 6.50. The number of unbranched alkanes of at least 4 members (excludes halogenated alkanes) is 1. The van der Waals surface area contributed by atoms with Crippen LogP contribution in [0.5, 0.6) is 0 Å². The number of sulfonamides is 1. The molecule has 0 fully saturated rings. The van der Waals surface area contributed by atoms with E-state index < -0.39 is 22.0 Å². The molecule has 1 atom stereocenters. The maximum absolute atomic E-state index is 12.5. The van der Waals surface area contributed by atoms with Gasteiger partial charge in [-0.25, -0.2) is 8.42 Å². The number of carbonyl (C=O) groups excluding carboxylic acids is 1. The van der Waals surface area contributed by atoms with Crippen molar-refractivity contribution in [2.24, 2.45) is 5.92 Å². The summed E-state index contributed by atoms with van der Waals surface area (Å²) in [5.74, 6) is -1.37. The summed E-state index contributed by atoms with van der Waals surface area (Å²) in [6, 6.07) is 12.7. The quantitative estimate of drug-likeness (QED) is 0.559. The number of benzene rings is 2. The second kappa shape index (κ2) is 10.5. The van der Waals surface area contributed by atoms with Gasteiger partial charge in [-0.1, -0.05) is 63.6 Å². The number of Topliss-reactive ketones (excluding diaryl/α,β-unsaturated/α-hetero) is 1. The monoisotopic (exact) mass is 431 g/mol. The SMILES string of the molecule is CCCCC(=O)Cc1ccc(-c2ccc(S(=O)(=O)N[C@H](C(=O)O)C(C)C)cc2)cc1. The molecule has 6 nitrogen and oxygen atoms in total. The largest absolute Gasteiger partial charge is 0.480 e. The first-order valence-corrected chi connectivity index (χ1v) is 11.6. The second-order valence-corrected chi connectivity index (χ2v) is 9.44. The maximum atomic E-state index is 12.5. The van der Waals surface area contributed by atoms with Gasteiger partial charge in [0.15, 0.2) is 0 Å². The number of aliphatic carboxylic acids is 1. The molecule has 30 heavy (non-hydrogen) atoms. The Hall–Kier alpha value is -2.51. The molecular formula is C23H29NO5S. The van der Waals surface area contributed by atoms with Crippen LogP contribution in [0.4, 0.5) is 0 Å². The van der Waals surface area contributed by atoms with Gasteiger partial charge in [-0.05, 0) is 41.2 Å². The van der Waals surface area contributed by atoms with Gasteiger partial charge in [-0.2, -0.15) is 4.72 Å². The van der Waals surface area contributed by atoms with Crippen molar-refractivity contribution >= 4 is 21.8 Å². The Labute approximate surface area is 178 Å². The molecule has 2 aromatic carbocycles. The highest BCUT2D eigenvalue weighted by Crippen LogP contribution is 2.22. The third-order valence-electron chi connectivity index (χ3n) is 4.88. The fraction of sp³-hybridized carbons (Fsp3) is 0.391. The van der Waals surface area contributed by atoms with Crippen LogP contribution >= 0.6 is 0 Å². The number of hydrogen-bond acceptors (Lipinski definition) is 4. The predicted molar refractivity (Wildman–Crippen MR) is 117 cm³/mol. The Balaban J connectivity index is 2.11. The van der Waals surface area contributed by atoms with Crippen molar-refractivity contribution in [3.8, 4) is 11.1 Å². The summed E-state index contributed by atoms with van der Waals surface area (Å²) < 4.78 is 27.3. The molecule has 2 N–H and O–H groups in total. The minimum absolute atomic E-state index is 0.0105. The lowest BCUT2D eigenvalue weighted by molar-refractivity contribution is -0.140. The van der Waals surface area contributed by atoms with E-state index in [4.69, 9.17) is 0 Å². The first kappa shape index (κ1) is 23.8. The molecule has 7 heteroatoms. The number of carboxylic acids is 1. The Morgan fingerprint density at radius 1 is 0.967 bits per heavy atom. The van der Waals surface area contributed by atoms with Gasteiger partial charge < -0.3 is 5.11 Å². The Morgan fingerprint density at radius 3 is 1.97 bits per heavy atom. The molecule has 0 saturated carbocycles. The van der Waals surface area contributed by atoms with Crippen LogP contribution in [0.25, 0.3) is 11.1 Å². The predicted octanol–water partition coefficient (Wildman–Crippen LogP) is 4.04. The second-order valence-electron chi connectivity index (χ2n) is 7.72. The molecule has 0 aliphatic carbocycles. The van der Waals surface area contributed by atoms with Crippen molar-refractivity contribution in [1.82, 2.24) is 4.72 Å². The number of rotatable bonds is 11. The average Bonchev–Trinajstić information content (AvgIpc) is 2.71. The standard InChI is InChI=1S/C23H29NO5S/c1-4-5-6-20(25)15-17-7-9-18(10-8-17)19-11-13-21(14-12-19)30(28,29)24-22(16(2)3)23(26)27/h7-14,16,22,24H,4-6,15H2,1-3H3,(H,26,27)/t22-/m0/s1. The fourth-order valence-corrected chi connectivity index (χ4v) is 4.38. The summed E-state index contributed by atoms with van der Waals surface area (Å²) in [5, 5.41) is 9.22. The molecule has 0 unspecified atom stereocenters. The minimum Gasteiger partial charge on any atom is -0.480 e. The first-order valence-electron chi connectivity index (χ1n) is 10.1. The highest BCUT2D eigenvalue weighted by molar-refractivity contribution is 7.89. The molecule has 0 aliphatic rings. The van der Waals surface area contributed by atoms with Gasteiger partial charge in [0, 0.05) is 12.8 Å². The van der Waals surface area contributed by atoms with E-state index in [1.807, 2.05) is 24.3 Å². The van der Waals surface area contributed by atoms with E-state index in [-0.39, 0.29) is 16.6 Å². The molecule has 0 radical (unpaired) electrons. The molecule has 0 heterocycles. The lowest BCUT2D eigenvalue weighted by atomic mass is 10.0. The van der Waals surface area contributed by atoms with Crippen molar-refractivity contribution in [2.75, 3.05) is 0 Å². The molecule has 162 valence electrons. The van der Waals surface area contributed by atoms with Crippen LogP contribution in [0.3, 0.4) is 0 Å². The van der Waals surface area contributed by atoms with Crippen molar-refractivity contribution in [2.45, 2.75) is 57.4 Å². The zero-order chi connectivity index (χ0) is 22.3. The lowest BCUT2D eigenvalue weighted by Gasteiger charge is -2.18. The van der Waals surface area contributed by atoms with Crippen LogP contribution in [0, 0.1) is 5.92 Å². The number of hydrogen-bond donors (Lipinski definition) is 2. The molecule has 0 aliphatic heterocycles. The Bertz CT molecular complexity index is 964. The molecule has 0 saturated heterocycles. The third-order valence-corrected chi connectivity index (χ3v) is 6.33. The van der Waals surface area contributed by atoms with Crippen molar-refractivity contribution in [3.63, 3.8) is 0 Å². The topological polar surface area (TPSA) is 101 Å². The number of carboxylic acid groups (broad SMARTS) is 1. The van der Waals surface area contributed by atoms with Crippen LogP contribution in [-0.2, 0) is 26.0 Å². The van der Waals surface area contributed by atoms with Gasteiger partial charge in [-0.3, -0.25) is 9.59 Å². The van der Waals surface area contributed by atoms with E-state index in [9.17, 15) is 23.1 Å². The molecule has 2 rings (SSSR count). The van der Waals surface area contributed by atoms with Gasteiger partial charge in [0.1, 0.15) is 11.8 Å². The number of ketones is 1. The van der Waals surface area contributed by atoms with Crippen LogP contribution in [-0.4, -0.2) is 31.3 Å². The molecule has 2 aromatic rings. The summed E-state index contributed by atoms with van der Waals surface area (Å²) in [5.41, 5.74) is 2.69. The van der Waals surface area contributed by atoms with Crippen LogP contribution in [0.15, 0.2) is 53.4 Å². The molecule has 0 amide bonds. The summed E-state index contributed by atoms with van der Waals surface area (Å²) in [6.07, 6.45) is 2.93. The highest BCUT2D eigenvalue weighted by Gasteiger charge is 2.27. The zero-order valence-electron chi connectivity index (χ0n) is 17.6. The van der Waals surface area contributed by atoms with Crippen LogP contribution in [0.1, 0.15) is 45.6 Å². The summed E-state index contributed by atoms with van der Waals surface area (Å²) in [4.78, 5) is 23.2. The normalized spacial score (nSPS) is 12.7. The first-order chi connectivity index (χ1) is 14.1. The zero-order valence-corrected chi connectivity index (χ0v) is 18.4. The van der Waals surface area contributed by atoms with Crippen LogP contribution in [0.2, 0.25) is 0 Å². The molecular weight excluding hydrogens is 402 g/mol. The minimum atomic E-state index is -3.94. The number of carbonyl (C=O) groups is 2. The van der Waals surface area contributed by atoms with Crippen molar-refractivity contribution in [1.29, 1.82) is 0 Å². The maximum Gasteiger partial charge on any atom is 0.322 e. The Kier molecular flexibility index (Phi) is 8.32. The average molecular weight is 432 g/mol. The van der Waals surface area contributed by atoms with E-state index in [0.29, 0.717) is 12.8 Å². The summed E-state index contributed by atoms with van der Waals surface area (Å²) in [6.45, 7) is 5.35. The lowest BCUT2D eigenvalue weighted by Crippen LogP contribution is -2.44. The molecule has 0 aromatic heterocycles. The fourth-order valence-electron chi connectivity index (χ4n) is 3.04. The van der Waals surface area contributed by atoms with E-state index in [1.54, 1.807) is 26.0 Å². The molecule has 0 spiro atoms. The van der Waals surface area contributed by atoms with E-state index in [2.05, 4.69) is 11.6 Å². The van der Waals surface area contributed by atoms with E-state index in [0.717, 1.165) is 29.5 Å². The van der Waals surface area contributed by atoms with E-state index in [1.165, 1.54) is 12.1 Å². The van der Waals surface area contributed by atoms with Gasteiger partial charge in [0.05, 0.1) is 4.90 Å². The Morgan fingerprint density at radius 2 is 1.50 bits per heavy atom. The smallest absolute Gasteiger partial charge is 0.322 e. The van der Waals surface area contributed by atoms with Gasteiger partial charge >= 0.3 is 5.97 Å². The molecule has 0 bridgehead atoms. The van der Waals surface area contributed by atoms with Gasteiger partial charge in [-0.15, -0.1) is 0 Å². The van der Waals surface area contributed by atoms with Crippen molar-refractivity contribution in [3.05, 3.63) is 54.1 Å².